The Morgan fingerprint density at radius 1 is 1.48 bits per heavy atom. The van der Waals surface area contributed by atoms with Gasteiger partial charge in [-0.25, -0.2) is 9.48 Å². The SMILES string of the molecule is CC(C)N1CCC(Cn2nnc3cccc(C(=O)O)c32)C1. The lowest BCUT2D eigenvalue weighted by molar-refractivity contribution is 0.0698. The van der Waals surface area contributed by atoms with Crippen LogP contribution in [0, 0.1) is 5.92 Å². The number of likely N-dealkylation sites (tertiary alicyclic amines) is 1. The Labute approximate surface area is 123 Å². The van der Waals surface area contributed by atoms with Crippen molar-refractivity contribution in [2.75, 3.05) is 13.1 Å². The van der Waals surface area contributed by atoms with Crippen LogP contribution in [0.3, 0.4) is 0 Å². The van der Waals surface area contributed by atoms with Crippen molar-refractivity contribution in [1.82, 2.24) is 19.9 Å². The summed E-state index contributed by atoms with van der Waals surface area (Å²) in [5.74, 6) is -0.432. The number of hydrogen-bond donors (Lipinski definition) is 1. The topological polar surface area (TPSA) is 71.2 Å². The molecule has 0 saturated carbocycles. The van der Waals surface area contributed by atoms with E-state index in [2.05, 4.69) is 29.1 Å². The highest BCUT2D eigenvalue weighted by Gasteiger charge is 2.26. The predicted octanol–water partition coefficient (Wildman–Crippen LogP) is 1.86. The number of carboxylic acids is 1. The van der Waals surface area contributed by atoms with Gasteiger partial charge >= 0.3 is 5.97 Å². The van der Waals surface area contributed by atoms with Gasteiger partial charge in [-0.3, -0.25) is 0 Å². The lowest BCUT2D eigenvalue weighted by atomic mass is 10.1. The third-order valence-electron chi connectivity index (χ3n) is 4.24. The van der Waals surface area contributed by atoms with E-state index in [1.54, 1.807) is 22.9 Å². The van der Waals surface area contributed by atoms with Crippen LogP contribution in [-0.4, -0.2) is 50.1 Å². The molecule has 1 N–H and O–H groups in total. The molecule has 1 aliphatic rings. The van der Waals surface area contributed by atoms with E-state index in [1.165, 1.54) is 0 Å². The van der Waals surface area contributed by atoms with Crippen LogP contribution in [0.2, 0.25) is 0 Å². The van der Waals surface area contributed by atoms with Crippen molar-refractivity contribution in [2.24, 2.45) is 5.92 Å². The Hall–Kier alpha value is -1.95. The molecule has 6 nitrogen and oxygen atoms in total. The molecular formula is C15H20N4O2. The van der Waals surface area contributed by atoms with Crippen molar-refractivity contribution in [2.45, 2.75) is 32.9 Å². The minimum atomic E-state index is -0.931. The number of para-hydroxylation sites is 1. The van der Waals surface area contributed by atoms with Crippen molar-refractivity contribution in [3.05, 3.63) is 23.8 Å². The minimum Gasteiger partial charge on any atom is -0.478 e. The van der Waals surface area contributed by atoms with Gasteiger partial charge in [0.1, 0.15) is 11.0 Å². The summed E-state index contributed by atoms with van der Waals surface area (Å²) in [6.45, 7) is 7.27. The third kappa shape index (κ3) is 2.63. The molecule has 6 heteroatoms. The number of aromatic carboxylic acids is 1. The third-order valence-corrected chi connectivity index (χ3v) is 4.24. The molecule has 0 bridgehead atoms. The highest BCUT2D eigenvalue weighted by molar-refractivity contribution is 6.00. The zero-order chi connectivity index (χ0) is 15.0. The molecule has 1 aromatic heterocycles. The predicted molar refractivity (Wildman–Crippen MR) is 79.3 cm³/mol. The number of hydrogen-bond acceptors (Lipinski definition) is 4. The number of carbonyl (C=O) groups is 1. The number of carboxylic acid groups (broad SMARTS) is 1. The molecule has 1 fully saturated rings. The molecule has 1 saturated heterocycles. The molecule has 1 aromatic carbocycles. The van der Waals surface area contributed by atoms with Crippen LogP contribution in [0.5, 0.6) is 0 Å². The Balaban J connectivity index is 1.87. The molecular weight excluding hydrogens is 268 g/mol. The molecule has 0 amide bonds. The Kier molecular flexibility index (Phi) is 3.63. The first-order valence-electron chi connectivity index (χ1n) is 7.36. The quantitative estimate of drug-likeness (QED) is 0.929. The lowest BCUT2D eigenvalue weighted by Gasteiger charge is -2.20. The van der Waals surface area contributed by atoms with Crippen molar-refractivity contribution in [3.8, 4) is 0 Å². The maximum Gasteiger partial charge on any atom is 0.337 e. The van der Waals surface area contributed by atoms with Gasteiger partial charge in [-0.1, -0.05) is 11.3 Å². The van der Waals surface area contributed by atoms with Crippen molar-refractivity contribution in [3.63, 3.8) is 0 Å². The summed E-state index contributed by atoms with van der Waals surface area (Å²) in [7, 11) is 0. The van der Waals surface area contributed by atoms with Crippen molar-refractivity contribution < 1.29 is 9.90 Å². The standard InChI is InChI=1S/C15H20N4O2/c1-10(2)18-7-6-11(8-18)9-19-14-12(15(20)21)4-3-5-13(14)16-17-19/h3-5,10-11H,6-9H2,1-2H3,(H,20,21). The maximum atomic E-state index is 11.4. The van der Waals surface area contributed by atoms with Crippen LogP contribution >= 0.6 is 0 Å². The molecule has 2 aromatic rings. The highest BCUT2D eigenvalue weighted by Crippen LogP contribution is 2.23. The van der Waals surface area contributed by atoms with Gasteiger partial charge in [0.25, 0.3) is 0 Å². The van der Waals surface area contributed by atoms with E-state index in [1.807, 2.05) is 0 Å². The molecule has 1 unspecified atom stereocenters. The number of benzene rings is 1. The van der Waals surface area contributed by atoms with Crippen molar-refractivity contribution >= 4 is 17.0 Å². The molecule has 3 rings (SSSR count). The normalized spacial score (nSPS) is 19.7. The number of aromatic nitrogens is 3. The van der Waals surface area contributed by atoms with Gasteiger partial charge in [0.2, 0.25) is 0 Å². The van der Waals surface area contributed by atoms with E-state index >= 15 is 0 Å². The Morgan fingerprint density at radius 3 is 2.95 bits per heavy atom. The second-order valence-corrected chi connectivity index (χ2v) is 5.99. The van der Waals surface area contributed by atoms with Crippen LogP contribution in [0.4, 0.5) is 0 Å². The van der Waals surface area contributed by atoms with Gasteiger partial charge in [0.05, 0.1) is 5.56 Å². The Morgan fingerprint density at radius 2 is 2.29 bits per heavy atom. The summed E-state index contributed by atoms with van der Waals surface area (Å²) in [6.07, 6.45) is 1.12. The van der Waals surface area contributed by atoms with Crippen LogP contribution < -0.4 is 0 Å². The first kappa shape index (κ1) is 14.0. The van der Waals surface area contributed by atoms with Gasteiger partial charge in [-0.2, -0.15) is 0 Å². The molecule has 21 heavy (non-hydrogen) atoms. The van der Waals surface area contributed by atoms with Gasteiger partial charge < -0.3 is 10.0 Å². The molecule has 0 aliphatic carbocycles. The molecule has 112 valence electrons. The highest BCUT2D eigenvalue weighted by atomic mass is 16.4. The number of fused-ring (bicyclic) bond motifs is 1. The summed E-state index contributed by atoms with van der Waals surface area (Å²) in [5.41, 5.74) is 1.55. The van der Waals surface area contributed by atoms with Crippen LogP contribution in [0.25, 0.3) is 11.0 Å². The van der Waals surface area contributed by atoms with E-state index in [0.29, 0.717) is 23.0 Å². The maximum absolute atomic E-state index is 11.4. The van der Waals surface area contributed by atoms with Gasteiger partial charge in [-0.15, -0.1) is 5.10 Å². The summed E-state index contributed by atoms with van der Waals surface area (Å²) >= 11 is 0. The largest absolute Gasteiger partial charge is 0.478 e. The number of nitrogens with zero attached hydrogens (tertiary/aromatic N) is 4. The number of rotatable bonds is 4. The summed E-state index contributed by atoms with van der Waals surface area (Å²) in [4.78, 5) is 13.8. The second-order valence-electron chi connectivity index (χ2n) is 5.99. The fraction of sp³-hybridized carbons (Fsp3) is 0.533. The average Bonchev–Trinajstić information content (AvgIpc) is 3.06. The van der Waals surface area contributed by atoms with E-state index in [9.17, 15) is 9.90 Å². The molecule has 0 spiro atoms. The van der Waals surface area contributed by atoms with Gasteiger partial charge in [0.15, 0.2) is 0 Å². The lowest BCUT2D eigenvalue weighted by Crippen LogP contribution is -2.28. The van der Waals surface area contributed by atoms with Gasteiger partial charge in [-0.05, 0) is 44.9 Å². The second kappa shape index (κ2) is 5.44. The van der Waals surface area contributed by atoms with Crippen LogP contribution in [0.15, 0.2) is 18.2 Å². The molecule has 2 heterocycles. The fourth-order valence-corrected chi connectivity index (χ4v) is 3.06. The van der Waals surface area contributed by atoms with Crippen LogP contribution in [0.1, 0.15) is 30.6 Å². The molecule has 1 aliphatic heterocycles. The minimum absolute atomic E-state index is 0.274. The average molecular weight is 288 g/mol. The summed E-state index contributed by atoms with van der Waals surface area (Å²) < 4.78 is 1.76. The van der Waals surface area contributed by atoms with Gasteiger partial charge in [0, 0.05) is 19.1 Å². The molecule has 0 radical (unpaired) electrons. The zero-order valence-corrected chi connectivity index (χ0v) is 12.4. The molecule has 1 atom stereocenters. The van der Waals surface area contributed by atoms with E-state index < -0.39 is 5.97 Å². The van der Waals surface area contributed by atoms with E-state index in [4.69, 9.17) is 0 Å². The first-order chi connectivity index (χ1) is 10.1. The van der Waals surface area contributed by atoms with Crippen molar-refractivity contribution in [1.29, 1.82) is 0 Å². The monoisotopic (exact) mass is 288 g/mol. The summed E-state index contributed by atoms with van der Waals surface area (Å²) in [5, 5.41) is 17.6. The summed E-state index contributed by atoms with van der Waals surface area (Å²) in [6, 6.07) is 5.68. The first-order valence-corrected chi connectivity index (χ1v) is 7.36. The smallest absolute Gasteiger partial charge is 0.337 e. The van der Waals surface area contributed by atoms with E-state index in [-0.39, 0.29) is 5.56 Å². The van der Waals surface area contributed by atoms with E-state index in [0.717, 1.165) is 26.1 Å². The Bertz CT molecular complexity index is 665. The van der Waals surface area contributed by atoms with Crippen LogP contribution in [-0.2, 0) is 6.54 Å². The fourth-order valence-electron chi connectivity index (χ4n) is 3.06. The zero-order valence-electron chi connectivity index (χ0n) is 12.4.